The lowest BCUT2D eigenvalue weighted by Crippen LogP contribution is -2.26. The molecule has 1 N–H and O–H groups in total. The van der Waals surface area contributed by atoms with Crippen LogP contribution < -0.4 is 5.32 Å². The van der Waals surface area contributed by atoms with Crippen LogP contribution in [-0.4, -0.2) is 17.4 Å². The number of benzene rings is 1. The first-order chi connectivity index (χ1) is 8.27. The average Bonchev–Trinajstić information content (AvgIpc) is 2.82. The third-order valence-electron chi connectivity index (χ3n) is 2.26. The van der Waals surface area contributed by atoms with Crippen LogP contribution in [0.5, 0.6) is 0 Å². The molecule has 2 aromatic rings. The highest BCUT2D eigenvalue weighted by molar-refractivity contribution is 7.09. The average molecular weight is 250 g/mol. The molecule has 0 aliphatic heterocycles. The van der Waals surface area contributed by atoms with Gasteiger partial charge in [-0.25, -0.2) is 4.39 Å². The maximum absolute atomic E-state index is 13.3. The SMILES string of the molecule is O=C(NCCc1cncs1)c1ccccc1F. The summed E-state index contributed by atoms with van der Waals surface area (Å²) in [5.74, 6) is -0.879. The molecule has 1 aromatic carbocycles. The largest absolute Gasteiger partial charge is 0.352 e. The summed E-state index contributed by atoms with van der Waals surface area (Å²) in [6.45, 7) is 0.482. The Kier molecular flexibility index (Phi) is 3.82. The summed E-state index contributed by atoms with van der Waals surface area (Å²) < 4.78 is 13.3. The molecule has 1 heterocycles. The van der Waals surface area contributed by atoms with E-state index in [1.807, 2.05) is 0 Å². The number of nitrogens with one attached hydrogen (secondary N) is 1. The van der Waals surface area contributed by atoms with Crippen molar-refractivity contribution in [1.29, 1.82) is 0 Å². The fraction of sp³-hybridized carbons (Fsp3) is 0.167. The molecule has 1 amide bonds. The summed E-state index contributed by atoms with van der Waals surface area (Å²) in [7, 11) is 0. The Morgan fingerprint density at radius 1 is 1.41 bits per heavy atom. The van der Waals surface area contributed by atoms with Gasteiger partial charge in [0.2, 0.25) is 0 Å². The molecular formula is C12H11FN2OS. The molecule has 88 valence electrons. The first-order valence-corrected chi connectivity index (χ1v) is 6.05. The van der Waals surface area contributed by atoms with E-state index in [-0.39, 0.29) is 11.5 Å². The van der Waals surface area contributed by atoms with Gasteiger partial charge in [0.25, 0.3) is 5.91 Å². The van der Waals surface area contributed by atoms with Crippen molar-refractivity contribution in [1.82, 2.24) is 10.3 Å². The molecule has 1 aromatic heterocycles. The van der Waals surface area contributed by atoms with Gasteiger partial charge >= 0.3 is 0 Å². The summed E-state index contributed by atoms with van der Waals surface area (Å²) in [6, 6.07) is 5.94. The molecule has 0 radical (unpaired) electrons. The Hall–Kier alpha value is -1.75. The van der Waals surface area contributed by atoms with E-state index in [0.717, 1.165) is 4.88 Å². The molecule has 5 heteroatoms. The second-order valence-electron chi connectivity index (χ2n) is 3.45. The highest BCUT2D eigenvalue weighted by Gasteiger charge is 2.09. The number of halogens is 1. The first-order valence-electron chi connectivity index (χ1n) is 5.17. The highest BCUT2D eigenvalue weighted by Crippen LogP contribution is 2.07. The fourth-order valence-corrected chi connectivity index (χ4v) is 2.00. The molecule has 0 spiro atoms. The molecule has 0 aliphatic carbocycles. The minimum absolute atomic E-state index is 0.0804. The zero-order valence-electron chi connectivity index (χ0n) is 9.02. The molecule has 0 saturated heterocycles. The van der Waals surface area contributed by atoms with Crippen molar-refractivity contribution < 1.29 is 9.18 Å². The maximum Gasteiger partial charge on any atom is 0.254 e. The van der Waals surface area contributed by atoms with Crippen LogP contribution in [0.15, 0.2) is 36.0 Å². The van der Waals surface area contributed by atoms with Crippen molar-refractivity contribution in [3.05, 3.63) is 52.2 Å². The Morgan fingerprint density at radius 3 is 2.94 bits per heavy atom. The molecule has 0 unspecified atom stereocenters. The number of carbonyl (C=O) groups excluding carboxylic acids is 1. The quantitative estimate of drug-likeness (QED) is 0.904. The molecule has 0 saturated carbocycles. The van der Waals surface area contributed by atoms with E-state index in [4.69, 9.17) is 0 Å². The number of carbonyl (C=O) groups is 1. The van der Waals surface area contributed by atoms with Gasteiger partial charge < -0.3 is 5.32 Å². The summed E-state index contributed by atoms with van der Waals surface area (Å²) in [5.41, 5.74) is 1.82. The van der Waals surface area contributed by atoms with Gasteiger partial charge in [-0.1, -0.05) is 12.1 Å². The van der Waals surface area contributed by atoms with Crippen molar-refractivity contribution >= 4 is 17.2 Å². The minimum atomic E-state index is -0.497. The standard InChI is InChI=1S/C12H11FN2OS/c13-11-4-2-1-3-10(11)12(16)15-6-5-9-7-14-8-17-9/h1-4,7-8H,5-6H2,(H,15,16). The second-order valence-corrected chi connectivity index (χ2v) is 4.42. The van der Waals surface area contributed by atoms with Crippen LogP contribution in [0, 0.1) is 5.82 Å². The molecule has 3 nitrogen and oxygen atoms in total. The van der Waals surface area contributed by atoms with Gasteiger partial charge in [-0.15, -0.1) is 11.3 Å². The lowest BCUT2D eigenvalue weighted by atomic mass is 10.2. The molecule has 2 rings (SSSR count). The van der Waals surface area contributed by atoms with Gasteiger partial charge in [0.05, 0.1) is 11.1 Å². The molecular weight excluding hydrogens is 239 g/mol. The third-order valence-corrected chi connectivity index (χ3v) is 3.10. The van der Waals surface area contributed by atoms with Crippen molar-refractivity contribution in [3.63, 3.8) is 0 Å². The van der Waals surface area contributed by atoms with E-state index in [1.165, 1.54) is 23.5 Å². The van der Waals surface area contributed by atoms with Crippen molar-refractivity contribution in [2.45, 2.75) is 6.42 Å². The predicted molar refractivity (Wildman–Crippen MR) is 64.6 cm³/mol. The number of hydrogen-bond donors (Lipinski definition) is 1. The Morgan fingerprint density at radius 2 is 2.24 bits per heavy atom. The summed E-state index contributed by atoms with van der Waals surface area (Å²) >= 11 is 1.54. The summed E-state index contributed by atoms with van der Waals surface area (Å²) in [4.78, 5) is 16.7. The number of aromatic nitrogens is 1. The van der Waals surface area contributed by atoms with Crippen LogP contribution in [0.2, 0.25) is 0 Å². The van der Waals surface area contributed by atoms with Crippen LogP contribution in [0.1, 0.15) is 15.2 Å². The van der Waals surface area contributed by atoms with Crippen LogP contribution in [0.25, 0.3) is 0 Å². The summed E-state index contributed by atoms with van der Waals surface area (Å²) in [5, 5.41) is 2.68. The maximum atomic E-state index is 13.3. The number of rotatable bonds is 4. The summed E-state index contributed by atoms with van der Waals surface area (Å²) in [6.07, 6.45) is 2.48. The van der Waals surface area contributed by atoms with E-state index in [1.54, 1.807) is 23.8 Å². The Balaban J connectivity index is 1.88. The molecule has 0 atom stereocenters. The number of nitrogens with zero attached hydrogens (tertiary/aromatic N) is 1. The fourth-order valence-electron chi connectivity index (χ4n) is 1.41. The number of thiazole rings is 1. The van der Waals surface area contributed by atoms with E-state index in [9.17, 15) is 9.18 Å². The van der Waals surface area contributed by atoms with Crippen LogP contribution in [0.4, 0.5) is 4.39 Å². The molecule has 17 heavy (non-hydrogen) atoms. The van der Waals surface area contributed by atoms with E-state index in [0.29, 0.717) is 13.0 Å². The van der Waals surface area contributed by atoms with Crippen molar-refractivity contribution in [2.24, 2.45) is 0 Å². The van der Waals surface area contributed by atoms with Crippen molar-refractivity contribution in [2.75, 3.05) is 6.54 Å². The van der Waals surface area contributed by atoms with E-state index < -0.39 is 5.82 Å². The van der Waals surface area contributed by atoms with Gasteiger partial charge in [-0.2, -0.15) is 0 Å². The smallest absolute Gasteiger partial charge is 0.254 e. The number of hydrogen-bond acceptors (Lipinski definition) is 3. The van der Waals surface area contributed by atoms with Gasteiger partial charge in [0.1, 0.15) is 5.82 Å². The lowest BCUT2D eigenvalue weighted by Gasteiger charge is -2.04. The highest BCUT2D eigenvalue weighted by atomic mass is 32.1. The number of amides is 1. The van der Waals surface area contributed by atoms with Crippen LogP contribution >= 0.6 is 11.3 Å². The van der Waals surface area contributed by atoms with Gasteiger partial charge in [-0.3, -0.25) is 9.78 Å². The Bertz CT molecular complexity index is 499. The zero-order chi connectivity index (χ0) is 12.1. The third kappa shape index (κ3) is 3.10. The minimum Gasteiger partial charge on any atom is -0.352 e. The monoisotopic (exact) mass is 250 g/mol. The van der Waals surface area contributed by atoms with Gasteiger partial charge in [0, 0.05) is 24.0 Å². The Labute approximate surface area is 102 Å². The van der Waals surface area contributed by atoms with Crippen molar-refractivity contribution in [3.8, 4) is 0 Å². The normalized spacial score (nSPS) is 10.2. The van der Waals surface area contributed by atoms with E-state index >= 15 is 0 Å². The molecule has 0 fully saturated rings. The van der Waals surface area contributed by atoms with Gasteiger partial charge in [0.15, 0.2) is 0 Å². The topological polar surface area (TPSA) is 42.0 Å². The molecule has 0 bridgehead atoms. The van der Waals surface area contributed by atoms with Crippen LogP contribution in [0.3, 0.4) is 0 Å². The first kappa shape index (κ1) is 11.7. The zero-order valence-corrected chi connectivity index (χ0v) is 9.84. The van der Waals surface area contributed by atoms with E-state index in [2.05, 4.69) is 10.3 Å². The van der Waals surface area contributed by atoms with Crippen LogP contribution in [-0.2, 0) is 6.42 Å². The second kappa shape index (κ2) is 5.54. The molecule has 0 aliphatic rings. The van der Waals surface area contributed by atoms with Gasteiger partial charge in [-0.05, 0) is 12.1 Å². The lowest BCUT2D eigenvalue weighted by molar-refractivity contribution is 0.0950. The predicted octanol–water partition coefficient (Wildman–Crippen LogP) is 2.25.